The lowest BCUT2D eigenvalue weighted by Crippen LogP contribution is -2.60. The van der Waals surface area contributed by atoms with E-state index in [1.54, 1.807) is 36.5 Å². The number of nitrogens with one attached hydrogen (secondary N) is 8. The van der Waals surface area contributed by atoms with E-state index in [0.29, 0.717) is 17.5 Å². The van der Waals surface area contributed by atoms with Crippen LogP contribution in [0.4, 0.5) is 0 Å². The Morgan fingerprint density at radius 3 is 2.07 bits per heavy atom. The van der Waals surface area contributed by atoms with E-state index < -0.39 is 102 Å². The number of rotatable bonds is 16. The summed E-state index contributed by atoms with van der Waals surface area (Å²) in [7, 11) is 0. The molecule has 400 valence electrons. The number of hydrogen-bond donors (Lipinski definition) is 13. The zero-order valence-corrected chi connectivity index (χ0v) is 41.5. The molecule has 2 fully saturated rings. The second-order valence-corrected chi connectivity index (χ2v) is 18.4. The fourth-order valence-electron chi connectivity index (χ4n) is 8.88. The standard InChI is InChI=1S/C49H70N16O9/c1-28(66)59-34(17-9-21-56-48(51)52)42(69)64-38-26-40(67)55-20-8-7-16-33(41(50)68)60-45(72)37(25-30-27-58-32-15-6-5-14-31(30)32)62-43(70)35(18-10-22-57-49(53)54)61-44(71)36(24-29-12-3-2-4-13-29)63-46(73)39-19-11-23-65(39)47(38)74/h2-6,12-15,27,33-39,58H,7-11,16-26H2,1H3,(H2,50,68)(H,55,67)(H,59,66)(H,60,72)(H,61,71)(H,62,70)(H,63,73)(H,64,69)(H4,51,52,56)(H4,53,54,57)/t33-,34?,35-,36?,37-,38?,39?/m0/s1. The van der Waals surface area contributed by atoms with Gasteiger partial charge >= 0.3 is 0 Å². The second-order valence-electron chi connectivity index (χ2n) is 18.4. The van der Waals surface area contributed by atoms with Crippen molar-refractivity contribution in [1.29, 1.82) is 0 Å². The molecule has 0 aliphatic carbocycles. The maximum atomic E-state index is 14.6. The highest BCUT2D eigenvalue weighted by atomic mass is 16.2. The van der Waals surface area contributed by atoms with Crippen LogP contribution < -0.4 is 65.9 Å². The van der Waals surface area contributed by atoms with Crippen LogP contribution in [0.25, 0.3) is 10.9 Å². The molecule has 25 nitrogen and oxygen atoms in total. The Morgan fingerprint density at radius 2 is 1.36 bits per heavy atom. The summed E-state index contributed by atoms with van der Waals surface area (Å²) >= 11 is 0. The van der Waals surface area contributed by atoms with Gasteiger partial charge in [0.05, 0.1) is 6.42 Å². The van der Waals surface area contributed by atoms with Crippen LogP contribution in [0.2, 0.25) is 0 Å². The van der Waals surface area contributed by atoms with Gasteiger partial charge in [0.15, 0.2) is 11.9 Å². The van der Waals surface area contributed by atoms with Crippen molar-refractivity contribution in [3.05, 3.63) is 71.9 Å². The Labute approximate surface area is 428 Å². The molecule has 25 heteroatoms. The van der Waals surface area contributed by atoms with Gasteiger partial charge in [-0.3, -0.25) is 53.1 Å². The van der Waals surface area contributed by atoms with Crippen molar-refractivity contribution in [2.24, 2.45) is 38.7 Å². The quantitative estimate of drug-likeness (QED) is 0.0391. The molecule has 74 heavy (non-hydrogen) atoms. The Hall–Kier alpha value is -8.25. The van der Waals surface area contributed by atoms with E-state index in [1.807, 2.05) is 24.3 Å². The number of amides is 9. The van der Waals surface area contributed by atoms with Crippen LogP contribution in [-0.2, 0) is 56.0 Å². The largest absolute Gasteiger partial charge is 0.370 e. The third kappa shape index (κ3) is 17.5. The van der Waals surface area contributed by atoms with Crippen LogP contribution in [0.15, 0.2) is 70.8 Å². The SMILES string of the molecule is CC(=O)NC(CCCN=C(N)N)C(=O)NC1CC(=O)NCCCC[C@@H](C(N)=O)NC(=O)[C@H](Cc2c[nH]c3ccccc23)NC(=O)[C@H](CCCN=C(N)N)NC(=O)C(Cc2ccccc2)NC(=O)C2CCCN2C1=O. The molecule has 2 aromatic carbocycles. The Kier molecular flexibility index (Phi) is 21.5. The summed E-state index contributed by atoms with van der Waals surface area (Å²) in [6.07, 6.45) is 2.60. The van der Waals surface area contributed by atoms with Gasteiger partial charge in [-0.15, -0.1) is 0 Å². The molecule has 3 heterocycles. The van der Waals surface area contributed by atoms with Crippen molar-refractivity contribution in [2.45, 2.75) is 126 Å². The Balaban J connectivity index is 1.51. The number of hydrogen-bond acceptors (Lipinski definition) is 11. The van der Waals surface area contributed by atoms with Crippen LogP contribution in [0.1, 0.15) is 82.3 Å². The molecule has 3 aromatic rings. The Bertz CT molecular complexity index is 2530. The predicted octanol–water partition coefficient (Wildman–Crippen LogP) is -2.84. The van der Waals surface area contributed by atoms with Crippen molar-refractivity contribution >= 4 is 76.0 Å². The minimum absolute atomic E-state index is 0.0322. The van der Waals surface area contributed by atoms with E-state index in [2.05, 4.69) is 52.2 Å². The number of H-pyrrole nitrogens is 1. The fourth-order valence-corrected chi connectivity index (χ4v) is 8.88. The van der Waals surface area contributed by atoms with E-state index in [0.717, 1.165) is 10.9 Å². The summed E-state index contributed by atoms with van der Waals surface area (Å²) in [6.45, 7) is 1.53. The van der Waals surface area contributed by atoms with Gasteiger partial charge in [-0.25, -0.2) is 0 Å². The zero-order valence-electron chi connectivity index (χ0n) is 41.5. The van der Waals surface area contributed by atoms with E-state index in [9.17, 15) is 43.2 Å². The van der Waals surface area contributed by atoms with Crippen LogP contribution >= 0.6 is 0 Å². The summed E-state index contributed by atoms with van der Waals surface area (Å²) < 4.78 is 0. The summed E-state index contributed by atoms with van der Waals surface area (Å²) in [6, 6.07) is 7.08. The number of aromatic amines is 1. The number of guanidine groups is 2. The number of fused-ring (bicyclic) bond motifs is 2. The fraction of sp³-hybridized carbons (Fsp3) is 0.490. The number of aromatic nitrogens is 1. The zero-order chi connectivity index (χ0) is 53.7. The van der Waals surface area contributed by atoms with Crippen LogP contribution in [0, 0.1) is 0 Å². The third-order valence-corrected chi connectivity index (χ3v) is 12.6. The first-order valence-electron chi connectivity index (χ1n) is 24.7. The number of carbonyl (C=O) groups excluding carboxylic acids is 9. The minimum atomic E-state index is -1.53. The highest BCUT2D eigenvalue weighted by Crippen LogP contribution is 2.22. The van der Waals surface area contributed by atoms with Gasteiger partial charge in [0.1, 0.15) is 42.3 Å². The van der Waals surface area contributed by atoms with Gasteiger partial charge in [-0.05, 0) is 75.0 Å². The predicted molar refractivity (Wildman–Crippen MR) is 275 cm³/mol. The van der Waals surface area contributed by atoms with E-state index >= 15 is 0 Å². The van der Waals surface area contributed by atoms with Gasteiger partial charge < -0.3 is 75.8 Å². The molecule has 2 saturated heterocycles. The smallest absolute Gasteiger partial charge is 0.246 e. The molecule has 4 unspecified atom stereocenters. The van der Waals surface area contributed by atoms with Crippen LogP contribution in [0.3, 0.4) is 0 Å². The molecule has 1 aromatic heterocycles. The van der Waals surface area contributed by atoms with Crippen molar-refractivity contribution in [1.82, 2.24) is 47.1 Å². The van der Waals surface area contributed by atoms with Crippen LogP contribution in [0.5, 0.6) is 0 Å². The summed E-state index contributed by atoms with van der Waals surface area (Å²) in [5.41, 5.74) is 29.9. The average Bonchev–Trinajstić information content (AvgIpc) is 4.02. The normalized spacial score (nSPS) is 22.1. The number of carbonyl (C=O) groups is 9. The lowest BCUT2D eigenvalue weighted by atomic mass is 10.0. The van der Waals surface area contributed by atoms with Crippen molar-refractivity contribution in [3.8, 4) is 0 Å². The molecule has 7 atom stereocenters. The molecule has 0 spiro atoms. The number of nitrogens with two attached hydrogens (primary N) is 5. The maximum absolute atomic E-state index is 14.6. The molecule has 2 aliphatic heterocycles. The van der Waals surface area contributed by atoms with E-state index in [-0.39, 0.29) is 102 Å². The first-order chi connectivity index (χ1) is 35.4. The number of primary amides is 1. The number of aliphatic imine (C=N–C) groups is 2. The topological polar surface area (TPSA) is 412 Å². The lowest BCUT2D eigenvalue weighted by Gasteiger charge is -2.31. The van der Waals surface area contributed by atoms with Crippen molar-refractivity contribution in [3.63, 3.8) is 0 Å². The molecule has 9 amide bonds. The highest BCUT2D eigenvalue weighted by molar-refractivity contribution is 5.99. The first-order valence-corrected chi connectivity index (χ1v) is 24.7. The molecule has 2 aliphatic rings. The molecular formula is C49H70N16O9. The van der Waals surface area contributed by atoms with Crippen LogP contribution in [-0.4, -0.2) is 143 Å². The first kappa shape index (κ1) is 56.7. The molecule has 0 radical (unpaired) electrons. The third-order valence-electron chi connectivity index (χ3n) is 12.6. The van der Waals surface area contributed by atoms with Gasteiger partial charge in [0, 0.05) is 63.0 Å². The molecule has 5 rings (SSSR count). The van der Waals surface area contributed by atoms with Gasteiger partial charge in [0.25, 0.3) is 0 Å². The van der Waals surface area contributed by atoms with Crippen molar-refractivity contribution < 1.29 is 43.2 Å². The van der Waals surface area contributed by atoms with E-state index in [1.165, 1.54) is 11.8 Å². The van der Waals surface area contributed by atoms with Gasteiger partial charge in [-0.2, -0.15) is 0 Å². The summed E-state index contributed by atoms with van der Waals surface area (Å²) in [4.78, 5) is 137. The molecule has 18 N–H and O–H groups in total. The molecule has 0 bridgehead atoms. The maximum Gasteiger partial charge on any atom is 0.246 e. The van der Waals surface area contributed by atoms with E-state index in [4.69, 9.17) is 28.7 Å². The summed E-state index contributed by atoms with van der Waals surface area (Å²) in [5, 5.41) is 19.8. The molecule has 0 saturated carbocycles. The van der Waals surface area contributed by atoms with Crippen molar-refractivity contribution in [2.75, 3.05) is 26.2 Å². The highest BCUT2D eigenvalue weighted by Gasteiger charge is 2.41. The number of nitrogens with zero attached hydrogens (tertiary/aromatic N) is 3. The summed E-state index contributed by atoms with van der Waals surface area (Å²) in [5.74, 6) is -6.96. The lowest BCUT2D eigenvalue weighted by molar-refractivity contribution is -0.143. The monoisotopic (exact) mass is 1030 g/mol. The average molecular weight is 1030 g/mol. The molecular weight excluding hydrogens is 957 g/mol. The second kappa shape index (κ2) is 28.1. The Morgan fingerprint density at radius 1 is 0.730 bits per heavy atom. The minimum Gasteiger partial charge on any atom is -0.370 e. The van der Waals surface area contributed by atoms with Gasteiger partial charge in [0.2, 0.25) is 53.2 Å². The number of benzene rings is 2. The number of para-hydroxylation sites is 1. The van der Waals surface area contributed by atoms with Gasteiger partial charge in [-0.1, -0.05) is 48.5 Å².